The Balaban J connectivity index is 2.14. The third-order valence-electron chi connectivity index (χ3n) is 2.79. The summed E-state index contributed by atoms with van der Waals surface area (Å²) < 4.78 is 0. The van der Waals surface area contributed by atoms with Crippen LogP contribution in [0.2, 0.25) is 10.0 Å². The maximum Gasteiger partial charge on any atom is 0.180 e. The number of halogens is 2. The van der Waals surface area contributed by atoms with E-state index in [4.69, 9.17) is 23.2 Å². The molecule has 0 aliphatic rings. The molecule has 3 aromatic rings. The Morgan fingerprint density at radius 1 is 1.11 bits per heavy atom. The van der Waals surface area contributed by atoms with E-state index in [0.717, 1.165) is 16.9 Å². The molecule has 0 aliphatic carbocycles. The second-order valence-corrected chi connectivity index (χ2v) is 4.87. The molecule has 96 valence electrons. The summed E-state index contributed by atoms with van der Waals surface area (Å²) in [6, 6.07) is 9.12. The molecule has 3 rings (SSSR count). The summed E-state index contributed by atoms with van der Waals surface area (Å²) in [5.41, 5.74) is 2.31. The van der Waals surface area contributed by atoms with Gasteiger partial charge in [0.2, 0.25) is 0 Å². The van der Waals surface area contributed by atoms with E-state index in [1.807, 2.05) is 25.2 Å². The maximum atomic E-state index is 6.17. The molecule has 2 N–H and O–H groups in total. The van der Waals surface area contributed by atoms with Gasteiger partial charge in [-0.2, -0.15) is 0 Å². The molecule has 0 fully saturated rings. The van der Waals surface area contributed by atoms with E-state index >= 15 is 0 Å². The van der Waals surface area contributed by atoms with E-state index in [0.29, 0.717) is 21.5 Å². The number of anilines is 1. The van der Waals surface area contributed by atoms with Crippen molar-refractivity contribution >= 4 is 40.2 Å². The summed E-state index contributed by atoms with van der Waals surface area (Å²) in [4.78, 5) is 12.0. The van der Waals surface area contributed by atoms with Crippen LogP contribution in [-0.4, -0.2) is 22.0 Å². The molecule has 2 heterocycles. The molecule has 0 radical (unpaired) electrons. The first kappa shape index (κ1) is 12.3. The number of benzene rings is 1. The van der Waals surface area contributed by atoms with Gasteiger partial charge in [0.25, 0.3) is 0 Å². The van der Waals surface area contributed by atoms with E-state index in [-0.39, 0.29) is 0 Å². The number of aromatic amines is 1. The molecule has 0 atom stereocenters. The Morgan fingerprint density at radius 2 is 1.95 bits per heavy atom. The molecule has 0 amide bonds. The number of H-pyrrole nitrogens is 1. The summed E-state index contributed by atoms with van der Waals surface area (Å²) in [6.45, 7) is 0. The number of pyridine rings is 1. The maximum absolute atomic E-state index is 6.17. The van der Waals surface area contributed by atoms with Gasteiger partial charge in [0.15, 0.2) is 5.65 Å². The molecule has 0 saturated heterocycles. The summed E-state index contributed by atoms with van der Waals surface area (Å²) in [5.74, 6) is 1.45. The van der Waals surface area contributed by atoms with Crippen LogP contribution in [0.15, 0.2) is 30.3 Å². The van der Waals surface area contributed by atoms with Crippen LogP contribution >= 0.6 is 23.2 Å². The Kier molecular flexibility index (Phi) is 3.05. The van der Waals surface area contributed by atoms with Gasteiger partial charge >= 0.3 is 0 Å². The second-order valence-electron chi connectivity index (χ2n) is 4.03. The lowest BCUT2D eigenvalue weighted by Crippen LogP contribution is -1.91. The SMILES string of the molecule is CNc1ccc2[nH]c(-c3ccc(Cl)cc3Cl)nc2n1. The number of fused-ring (bicyclic) bond motifs is 1. The van der Waals surface area contributed by atoms with Crippen LogP contribution in [0.3, 0.4) is 0 Å². The molecule has 0 aliphatic heterocycles. The fourth-order valence-corrected chi connectivity index (χ4v) is 2.34. The number of aromatic nitrogens is 3. The average molecular weight is 293 g/mol. The highest BCUT2D eigenvalue weighted by Crippen LogP contribution is 2.29. The highest BCUT2D eigenvalue weighted by Gasteiger charge is 2.10. The van der Waals surface area contributed by atoms with Gasteiger partial charge in [-0.25, -0.2) is 9.97 Å². The summed E-state index contributed by atoms with van der Waals surface area (Å²) in [5, 5.41) is 4.13. The summed E-state index contributed by atoms with van der Waals surface area (Å²) in [6.07, 6.45) is 0. The molecule has 0 unspecified atom stereocenters. The first-order valence-corrected chi connectivity index (χ1v) is 6.43. The van der Waals surface area contributed by atoms with E-state index in [9.17, 15) is 0 Å². The van der Waals surface area contributed by atoms with E-state index < -0.39 is 0 Å². The number of imidazole rings is 1. The topological polar surface area (TPSA) is 53.6 Å². The zero-order valence-corrected chi connectivity index (χ0v) is 11.5. The standard InChI is InChI=1S/C13H10Cl2N4/c1-16-11-5-4-10-13(18-11)19-12(17-10)8-3-2-7(14)6-9(8)15/h2-6H,1H3,(H2,16,17,18,19). The van der Waals surface area contributed by atoms with Crippen molar-refractivity contribution < 1.29 is 0 Å². The third-order valence-corrected chi connectivity index (χ3v) is 3.34. The van der Waals surface area contributed by atoms with Gasteiger partial charge in [-0.1, -0.05) is 23.2 Å². The normalized spacial score (nSPS) is 10.9. The average Bonchev–Trinajstić information content (AvgIpc) is 2.80. The van der Waals surface area contributed by atoms with Crippen molar-refractivity contribution in [3.05, 3.63) is 40.4 Å². The highest BCUT2D eigenvalue weighted by atomic mass is 35.5. The lowest BCUT2D eigenvalue weighted by molar-refractivity contribution is 1.28. The van der Waals surface area contributed by atoms with Crippen LogP contribution in [0.5, 0.6) is 0 Å². The van der Waals surface area contributed by atoms with Gasteiger partial charge in [-0.05, 0) is 30.3 Å². The predicted octanol–water partition coefficient (Wildman–Crippen LogP) is 3.97. The lowest BCUT2D eigenvalue weighted by Gasteiger charge is -2.00. The van der Waals surface area contributed by atoms with Crippen molar-refractivity contribution in [1.29, 1.82) is 0 Å². The van der Waals surface area contributed by atoms with Crippen molar-refractivity contribution in [3.8, 4) is 11.4 Å². The van der Waals surface area contributed by atoms with Crippen molar-refractivity contribution in [2.45, 2.75) is 0 Å². The minimum Gasteiger partial charge on any atom is -0.373 e. The number of hydrogen-bond acceptors (Lipinski definition) is 3. The zero-order chi connectivity index (χ0) is 13.4. The lowest BCUT2D eigenvalue weighted by atomic mass is 10.2. The first-order chi connectivity index (χ1) is 9.17. The quantitative estimate of drug-likeness (QED) is 0.751. The van der Waals surface area contributed by atoms with Gasteiger partial charge in [-0.15, -0.1) is 0 Å². The smallest absolute Gasteiger partial charge is 0.180 e. The number of nitrogens with one attached hydrogen (secondary N) is 2. The van der Waals surface area contributed by atoms with Crippen LogP contribution in [0, 0.1) is 0 Å². The summed E-state index contributed by atoms with van der Waals surface area (Å²) >= 11 is 12.1. The minimum atomic E-state index is 0.556. The third kappa shape index (κ3) is 2.25. The Hall–Kier alpha value is -1.78. The van der Waals surface area contributed by atoms with Gasteiger partial charge in [0, 0.05) is 17.6 Å². The molecular formula is C13H10Cl2N4. The molecule has 0 bridgehead atoms. The highest BCUT2D eigenvalue weighted by molar-refractivity contribution is 6.36. The fraction of sp³-hybridized carbons (Fsp3) is 0.0769. The van der Waals surface area contributed by atoms with Gasteiger partial charge in [-0.3, -0.25) is 0 Å². The van der Waals surface area contributed by atoms with Crippen molar-refractivity contribution in [1.82, 2.24) is 15.0 Å². The Labute approximate surface area is 119 Å². The summed E-state index contributed by atoms with van der Waals surface area (Å²) in [7, 11) is 1.82. The minimum absolute atomic E-state index is 0.556. The largest absolute Gasteiger partial charge is 0.373 e. The molecule has 19 heavy (non-hydrogen) atoms. The molecule has 2 aromatic heterocycles. The predicted molar refractivity (Wildman–Crippen MR) is 78.9 cm³/mol. The number of nitrogens with zero attached hydrogens (tertiary/aromatic N) is 2. The van der Waals surface area contributed by atoms with Crippen LogP contribution in [0.1, 0.15) is 0 Å². The van der Waals surface area contributed by atoms with Gasteiger partial charge < -0.3 is 10.3 Å². The zero-order valence-electron chi connectivity index (χ0n) is 10.0. The molecule has 1 aromatic carbocycles. The molecule has 0 saturated carbocycles. The van der Waals surface area contributed by atoms with Crippen molar-refractivity contribution in [3.63, 3.8) is 0 Å². The van der Waals surface area contributed by atoms with Crippen LogP contribution < -0.4 is 5.32 Å². The van der Waals surface area contributed by atoms with E-state index in [2.05, 4.69) is 20.3 Å². The van der Waals surface area contributed by atoms with Gasteiger partial charge in [0.1, 0.15) is 11.6 Å². The monoisotopic (exact) mass is 292 g/mol. The van der Waals surface area contributed by atoms with Crippen molar-refractivity contribution in [2.75, 3.05) is 12.4 Å². The molecule has 4 nitrogen and oxygen atoms in total. The molecular weight excluding hydrogens is 283 g/mol. The number of hydrogen-bond donors (Lipinski definition) is 2. The number of rotatable bonds is 2. The Bertz CT molecular complexity index is 751. The molecule has 0 spiro atoms. The fourth-order valence-electron chi connectivity index (χ4n) is 1.84. The van der Waals surface area contributed by atoms with Crippen LogP contribution in [0.4, 0.5) is 5.82 Å². The van der Waals surface area contributed by atoms with Gasteiger partial charge in [0.05, 0.1) is 10.5 Å². The second kappa shape index (κ2) is 4.72. The van der Waals surface area contributed by atoms with E-state index in [1.165, 1.54) is 0 Å². The molecule has 6 heteroatoms. The van der Waals surface area contributed by atoms with Crippen LogP contribution in [-0.2, 0) is 0 Å². The van der Waals surface area contributed by atoms with Crippen molar-refractivity contribution in [2.24, 2.45) is 0 Å². The first-order valence-electron chi connectivity index (χ1n) is 5.67. The Morgan fingerprint density at radius 3 is 2.68 bits per heavy atom. The van der Waals surface area contributed by atoms with Crippen LogP contribution in [0.25, 0.3) is 22.6 Å². The van der Waals surface area contributed by atoms with E-state index in [1.54, 1.807) is 12.1 Å².